The summed E-state index contributed by atoms with van der Waals surface area (Å²) in [5.74, 6) is 0.730. The van der Waals surface area contributed by atoms with E-state index in [1.54, 1.807) is 0 Å². The number of hydrogen-bond acceptors (Lipinski definition) is 3. The number of benzene rings is 1. The summed E-state index contributed by atoms with van der Waals surface area (Å²) in [7, 11) is -2.85. The van der Waals surface area contributed by atoms with Crippen molar-refractivity contribution in [3.05, 3.63) is 29.8 Å². The molecule has 0 unspecified atom stereocenters. The molecule has 0 fully saturated rings. The summed E-state index contributed by atoms with van der Waals surface area (Å²) in [5.41, 5.74) is 2.06. The van der Waals surface area contributed by atoms with Crippen molar-refractivity contribution >= 4 is 27.1 Å². The van der Waals surface area contributed by atoms with E-state index in [4.69, 9.17) is 11.6 Å². The quantitative estimate of drug-likeness (QED) is 0.631. The van der Waals surface area contributed by atoms with Gasteiger partial charge in [-0.3, -0.25) is 0 Å². The SMILES string of the molecule is CS(=O)(=O)CCCNc1ccc(CCl)cc1. The highest BCUT2D eigenvalue weighted by molar-refractivity contribution is 7.90. The van der Waals surface area contributed by atoms with Crippen molar-refractivity contribution in [3.8, 4) is 0 Å². The summed E-state index contributed by atoms with van der Waals surface area (Å²) in [6.07, 6.45) is 1.87. The van der Waals surface area contributed by atoms with E-state index in [9.17, 15) is 8.42 Å². The van der Waals surface area contributed by atoms with Crippen molar-refractivity contribution in [2.45, 2.75) is 12.3 Å². The first-order valence-electron chi connectivity index (χ1n) is 5.08. The number of rotatable bonds is 6. The molecule has 0 atom stereocenters. The first-order chi connectivity index (χ1) is 7.51. The standard InChI is InChI=1S/C11H16ClNO2S/c1-16(14,15)8-2-7-13-11-5-3-10(9-12)4-6-11/h3-6,13H,2,7-9H2,1H3. The molecule has 0 saturated carbocycles. The van der Waals surface area contributed by atoms with Crippen LogP contribution in [0.15, 0.2) is 24.3 Å². The smallest absolute Gasteiger partial charge is 0.147 e. The third-order valence-electron chi connectivity index (χ3n) is 2.13. The fraction of sp³-hybridized carbons (Fsp3) is 0.455. The van der Waals surface area contributed by atoms with Crippen molar-refractivity contribution in [3.63, 3.8) is 0 Å². The van der Waals surface area contributed by atoms with Crippen LogP contribution >= 0.6 is 11.6 Å². The molecular weight excluding hydrogens is 246 g/mol. The maximum Gasteiger partial charge on any atom is 0.147 e. The minimum absolute atomic E-state index is 0.222. The fourth-order valence-corrected chi connectivity index (χ4v) is 2.13. The van der Waals surface area contributed by atoms with Crippen LogP contribution < -0.4 is 5.32 Å². The van der Waals surface area contributed by atoms with Crippen LogP contribution in [0.4, 0.5) is 5.69 Å². The van der Waals surface area contributed by atoms with Gasteiger partial charge in [0.05, 0.1) is 5.75 Å². The average Bonchev–Trinajstić information content (AvgIpc) is 2.24. The van der Waals surface area contributed by atoms with Crippen molar-refractivity contribution in [1.29, 1.82) is 0 Å². The van der Waals surface area contributed by atoms with E-state index >= 15 is 0 Å². The molecule has 0 aliphatic heterocycles. The van der Waals surface area contributed by atoms with Gasteiger partial charge in [-0.25, -0.2) is 8.42 Å². The molecule has 1 aromatic carbocycles. The predicted molar refractivity (Wildman–Crippen MR) is 68.8 cm³/mol. The van der Waals surface area contributed by atoms with Gasteiger partial charge in [-0.05, 0) is 24.1 Å². The fourth-order valence-electron chi connectivity index (χ4n) is 1.28. The maximum atomic E-state index is 10.9. The van der Waals surface area contributed by atoms with Gasteiger partial charge in [0.1, 0.15) is 9.84 Å². The second kappa shape index (κ2) is 6.11. The van der Waals surface area contributed by atoms with Gasteiger partial charge < -0.3 is 5.32 Å². The van der Waals surface area contributed by atoms with Crippen LogP contribution in [-0.2, 0) is 15.7 Å². The number of hydrogen-bond donors (Lipinski definition) is 1. The second-order valence-corrected chi connectivity index (χ2v) is 6.27. The van der Waals surface area contributed by atoms with Crippen molar-refractivity contribution in [1.82, 2.24) is 0 Å². The molecular formula is C11H16ClNO2S. The third kappa shape index (κ3) is 5.37. The van der Waals surface area contributed by atoms with E-state index in [1.807, 2.05) is 24.3 Å². The highest BCUT2D eigenvalue weighted by Crippen LogP contribution is 2.10. The lowest BCUT2D eigenvalue weighted by Crippen LogP contribution is -2.09. The highest BCUT2D eigenvalue weighted by Gasteiger charge is 2.00. The number of nitrogens with one attached hydrogen (secondary N) is 1. The van der Waals surface area contributed by atoms with Crippen molar-refractivity contribution in [2.75, 3.05) is 23.9 Å². The van der Waals surface area contributed by atoms with Crippen LogP contribution in [0.25, 0.3) is 0 Å². The van der Waals surface area contributed by atoms with Gasteiger partial charge >= 0.3 is 0 Å². The van der Waals surface area contributed by atoms with Crippen molar-refractivity contribution in [2.24, 2.45) is 0 Å². The Morgan fingerprint density at radius 2 is 1.88 bits per heavy atom. The summed E-state index contributed by atoms with van der Waals surface area (Å²) in [5, 5.41) is 3.16. The van der Waals surface area contributed by atoms with E-state index in [2.05, 4.69) is 5.32 Å². The van der Waals surface area contributed by atoms with Crippen LogP contribution in [0, 0.1) is 0 Å². The van der Waals surface area contributed by atoms with Crippen LogP contribution in [0.3, 0.4) is 0 Å². The summed E-state index contributed by atoms with van der Waals surface area (Å²) in [6, 6.07) is 7.79. The molecule has 0 aliphatic carbocycles. The molecule has 0 spiro atoms. The van der Waals surface area contributed by atoms with Crippen LogP contribution in [0.2, 0.25) is 0 Å². The van der Waals surface area contributed by atoms with E-state index in [1.165, 1.54) is 6.26 Å². The molecule has 0 amide bonds. The predicted octanol–water partition coefficient (Wildman–Crippen LogP) is 2.27. The molecule has 0 saturated heterocycles. The Morgan fingerprint density at radius 3 is 2.38 bits per heavy atom. The molecule has 0 aliphatic rings. The lowest BCUT2D eigenvalue weighted by atomic mass is 10.2. The second-order valence-electron chi connectivity index (χ2n) is 3.74. The Bertz CT molecular complexity index is 414. The van der Waals surface area contributed by atoms with Crippen LogP contribution in [0.1, 0.15) is 12.0 Å². The topological polar surface area (TPSA) is 46.2 Å². The molecule has 1 N–H and O–H groups in total. The lowest BCUT2D eigenvalue weighted by Gasteiger charge is -2.06. The normalized spacial score (nSPS) is 11.4. The van der Waals surface area contributed by atoms with Crippen LogP contribution in [-0.4, -0.2) is 27.0 Å². The minimum atomic E-state index is -2.85. The minimum Gasteiger partial charge on any atom is -0.385 e. The van der Waals surface area contributed by atoms with Gasteiger partial charge in [-0.2, -0.15) is 0 Å². The highest BCUT2D eigenvalue weighted by atomic mass is 35.5. The Hall–Kier alpha value is -0.740. The summed E-state index contributed by atoms with van der Waals surface area (Å²) in [4.78, 5) is 0. The zero-order valence-electron chi connectivity index (χ0n) is 9.24. The lowest BCUT2D eigenvalue weighted by molar-refractivity contribution is 0.600. The number of sulfone groups is 1. The van der Waals surface area contributed by atoms with Gasteiger partial charge in [-0.15, -0.1) is 11.6 Å². The Labute approximate surface area is 102 Å². The zero-order chi connectivity index (χ0) is 12.0. The van der Waals surface area contributed by atoms with E-state index in [-0.39, 0.29) is 5.75 Å². The summed E-state index contributed by atoms with van der Waals surface area (Å²) < 4.78 is 21.8. The van der Waals surface area contributed by atoms with E-state index < -0.39 is 9.84 Å². The number of anilines is 1. The zero-order valence-corrected chi connectivity index (χ0v) is 10.8. The largest absolute Gasteiger partial charge is 0.385 e. The third-order valence-corrected chi connectivity index (χ3v) is 3.47. The molecule has 0 radical (unpaired) electrons. The molecule has 1 rings (SSSR count). The van der Waals surface area contributed by atoms with Gasteiger partial charge in [0.15, 0.2) is 0 Å². The Balaban J connectivity index is 2.32. The molecule has 16 heavy (non-hydrogen) atoms. The average molecular weight is 262 g/mol. The van der Waals surface area contributed by atoms with Gasteiger partial charge in [0, 0.05) is 24.4 Å². The Kier molecular flexibility index (Phi) is 5.09. The maximum absolute atomic E-state index is 10.9. The monoisotopic (exact) mass is 261 g/mol. The molecule has 3 nitrogen and oxygen atoms in total. The molecule has 0 bridgehead atoms. The molecule has 1 aromatic rings. The first kappa shape index (κ1) is 13.3. The van der Waals surface area contributed by atoms with Gasteiger partial charge in [0.25, 0.3) is 0 Å². The Morgan fingerprint density at radius 1 is 1.25 bits per heavy atom. The van der Waals surface area contributed by atoms with E-state index in [0.29, 0.717) is 18.8 Å². The molecule has 0 heterocycles. The molecule has 0 aromatic heterocycles. The van der Waals surface area contributed by atoms with E-state index in [0.717, 1.165) is 11.3 Å². The van der Waals surface area contributed by atoms with Crippen LogP contribution in [0.5, 0.6) is 0 Å². The van der Waals surface area contributed by atoms with Gasteiger partial charge in [0.2, 0.25) is 0 Å². The first-order valence-corrected chi connectivity index (χ1v) is 7.67. The summed E-state index contributed by atoms with van der Waals surface area (Å²) >= 11 is 5.67. The molecule has 5 heteroatoms. The summed E-state index contributed by atoms with van der Waals surface area (Å²) in [6.45, 7) is 0.660. The van der Waals surface area contributed by atoms with Gasteiger partial charge in [-0.1, -0.05) is 12.1 Å². The number of alkyl halides is 1. The molecule has 90 valence electrons. The number of halogens is 1. The van der Waals surface area contributed by atoms with Crippen molar-refractivity contribution < 1.29 is 8.42 Å².